The van der Waals surface area contributed by atoms with E-state index in [0.717, 1.165) is 49.3 Å². The maximum Gasteiger partial charge on any atom is 0.276 e. The molecule has 0 saturated heterocycles. The van der Waals surface area contributed by atoms with Crippen molar-refractivity contribution in [3.63, 3.8) is 0 Å². The third kappa shape index (κ3) is 3.87. The Kier molecular flexibility index (Phi) is 5.35. The zero-order valence-electron chi connectivity index (χ0n) is 14.5. The third-order valence-corrected chi connectivity index (χ3v) is 4.43. The fourth-order valence-corrected chi connectivity index (χ4v) is 3.04. The van der Waals surface area contributed by atoms with Gasteiger partial charge < -0.3 is 18.7 Å². The predicted molar refractivity (Wildman–Crippen MR) is 89.8 cm³/mol. The lowest BCUT2D eigenvalue weighted by Gasteiger charge is -2.23. The summed E-state index contributed by atoms with van der Waals surface area (Å²) in [5.41, 5.74) is 1.49. The Morgan fingerprint density at radius 3 is 2.79 bits per heavy atom. The van der Waals surface area contributed by atoms with Crippen LogP contribution in [0.25, 0.3) is 0 Å². The van der Waals surface area contributed by atoms with Gasteiger partial charge >= 0.3 is 0 Å². The molecule has 6 nitrogen and oxygen atoms in total. The molecule has 0 aliphatic heterocycles. The van der Waals surface area contributed by atoms with Gasteiger partial charge in [0, 0.05) is 25.1 Å². The van der Waals surface area contributed by atoms with Crippen molar-refractivity contribution in [1.82, 2.24) is 15.0 Å². The first-order chi connectivity index (χ1) is 11.6. The average Bonchev–Trinajstić information content (AvgIpc) is 3.15. The fourth-order valence-electron chi connectivity index (χ4n) is 3.04. The summed E-state index contributed by atoms with van der Waals surface area (Å²) in [6.07, 6.45) is 6.76. The van der Waals surface area contributed by atoms with Crippen LogP contribution in [0, 0.1) is 0 Å². The number of aryl methyl sites for hydroxylation is 1. The zero-order chi connectivity index (χ0) is 16.9. The molecule has 1 amide bonds. The van der Waals surface area contributed by atoms with Crippen LogP contribution in [0.4, 0.5) is 0 Å². The molecule has 2 aromatic rings. The topological polar surface area (TPSA) is 62.7 Å². The molecule has 2 aromatic heterocycles. The summed E-state index contributed by atoms with van der Waals surface area (Å²) in [6.45, 7) is 1.85. The summed E-state index contributed by atoms with van der Waals surface area (Å²) in [6, 6.07) is 3.73. The Hall–Kier alpha value is -2.08. The van der Waals surface area contributed by atoms with Gasteiger partial charge in [-0.05, 0) is 45.5 Å². The Labute approximate surface area is 142 Å². The van der Waals surface area contributed by atoms with Gasteiger partial charge in [-0.25, -0.2) is 0 Å². The van der Waals surface area contributed by atoms with Crippen molar-refractivity contribution in [3.05, 3.63) is 41.2 Å². The van der Waals surface area contributed by atoms with E-state index in [9.17, 15) is 4.79 Å². The number of likely N-dealkylation sites (N-methyl/N-ethyl adjacent to an activating group) is 1. The molecule has 3 rings (SSSR count). The number of hydrogen-bond acceptors (Lipinski definition) is 5. The summed E-state index contributed by atoms with van der Waals surface area (Å²) in [4.78, 5) is 16.9. The number of carbonyl (C=O) groups excluding carboxylic acids is 1. The van der Waals surface area contributed by atoms with E-state index in [2.05, 4.69) is 10.1 Å². The molecule has 0 unspecified atom stereocenters. The van der Waals surface area contributed by atoms with Crippen molar-refractivity contribution in [1.29, 1.82) is 0 Å². The second kappa shape index (κ2) is 7.66. The van der Waals surface area contributed by atoms with Crippen molar-refractivity contribution < 1.29 is 13.7 Å². The highest BCUT2D eigenvalue weighted by Crippen LogP contribution is 2.25. The molecular weight excluding hydrogens is 306 g/mol. The van der Waals surface area contributed by atoms with E-state index in [1.54, 1.807) is 11.2 Å². The molecule has 24 heavy (non-hydrogen) atoms. The molecule has 0 radical (unpaired) electrons. The molecule has 1 aliphatic rings. The molecule has 0 N–H and O–H groups in total. The van der Waals surface area contributed by atoms with E-state index in [1.165, 1.54) is 6.42 Å². The van der Waals surface area contributed by atoms with Gasteiger partial charge in [-0.3, -0.25) is 4.79 Å². The SMILES string of the molecule is CN(C)CCN(Cc1ccco1)C(=O)c1noc2c1CCCCC2. The van der Waals surface area contributed by atoms with Crippen molar-refractivity contribution in [2.24, 2.45) is 0 Å². The first kappa shape index (κ1) is 16.8. The Morgan fingerprint density at radius 1 is 1.21 bits per heavy atom. The number of amides is 1. The highest BCUT2D eigenvalue weighted by Gasteiger charge is 2.27. The number of nitrogens with zero attached hydrogens (tertiary/aromatic N) is 3. The van der Waals surface area contributed by atoms with Gasteiger partial charge in [-0.15, -0.1) is 0 Å². The quantitative estimate of drug-likeness (QED) is 0.762. The second-order valence-electron chi connectivity index (χ2n) is 6.60. The van der Waals surface area contributed by atoms with Gasteiger partial charge in [-0.2, -0.15) is 0 Å². The van der Waals surface area contributed by atoms with Crippen LogP contribution in [0.1, 0.15) is 46.8 Å². The van der Waals surface area contributed by atoms with E-state index >= 15 is 0 Å². The summed E-state index contributed by atoms with van der Waals surface area (Å²) in [5.74, 6) is 1.60. The molecule has 0 spiro atoms. The molecule has 6 heteroatoms. The van der Waals surface area contributed by atoms with Crippen molar-refractivity contribution in [3.8, 4) is 0 Å². The largest absolute Gasteiger partial charge is 0.467 e. The standard InChI is InChI=1S/C18H25N3O3/c1-20(2)10-11-21(13-14-7-6-12-23-14)18(22)17-15-8-4-3-5-9-16(15)24-19-17/h6-7,12H,3-5,8-11,13H2,1-2H3. The van der Waals surface area contributed by atoms with Crippen LogP contribution in [0.3, 0.4) is 0 Å². The fraction of sp³-hybridized carbons (Fsp3) is 0.556. The Bertz CT molecular complexity index is 661. The van der Waals surface area contributed by atoms with E-state index in [-0.39, 0.29) is 5.91 Å². The number of aromatic nitrogens is 1. The third-order valence-electron chi connectivity index (χ3n) is 4.43. The van der Waals surface area contributed by atoms with E-state index < -0.39 is 0 Å². The molecule has 1 aliphatic carbocycles. The summed E-state index contributed by atoms with van der Waals surface area (Å²) in [5, 5.41) is 4.11. The maximum absolute atomic E-state index is 13.1. The monoisotopic (exact) mass is 331 g/mol. The average molecular weight is 331 g/mol. The number of carbonyl (C=O) groups is 1. The Balaban J connectivity index is 1.81. The highest BCUT2D eigenvalue weighted by atomic mass is 16.5. The van der Waals surface area contributed by atoms with E-state index in [4.69, 9.17) is 8.94 Å². The summed E-state index contributed by atoms with van der Waals surface area (Å²) >= 11 is 0. The van der Waals surface area contributed by atoms with Crippen LogP contribution >= 0.6 is 0 Å². The van der Waals surface area contributed by atoms with Crippen LogP contribution in [0.2, 0.25) is 0 Å². The van der Waals surface area contributed by atoms with Gasteiger partial charge in [0.15, 0.2) is 5.69 Å². The Morgan fingerprint density at radius 2 is 2.04 bits per heavy atom. The number of hydrogen-bond donors (Lipinski definition) is 0. The van der Waals surface area contributed by atoms with Crippen molar-refractivity contribution in [2.45, 2.75) is 38.6 Å². The van der Waals surface area contributed by atoms with Crippen LogP contribution in [-0.4, -0.2) is 48.0 Å². The molecule has 0 saturated carbocycles. The first-order valence-corrected chi connectivity index (χ1v) is 8.59. The van der Waals surface area contributed by atoms with Gasteiger partial charge in [0.2, 0.25) is 0 Å². The molecule has 0 aromatic carbocycles. The molecule has 130 valence electrons. The van der Waals surface area contributed by atoms with Crippen LogP contribution < -0.4 is 0 Å². The minimum Gasteiger partial charge on any atom is -0.467 e. The zero-order valence-corrected chi connectivity index (χ0v) is 14.5. The molecule has 2 heterocycles. The van der Waals surface area contributed by atoms with Gasteiger partial charge in [0.05, 0.1) is 12.8 Å². The maximum atomic E-state index is 13.1. The molecule has 0 bridgehead atoms. The van der Waals surface area contributed by atoms with Crippen LogP contribution in [0.15, 0.2) is 27.3 Å². The summed E-state index contributed by atoms with van der Waals surface area (Å²) in [7, 11) is 4.00. The minimum absolute atomic E-state index is 0.0693. The highest BCUT2D eigenvalue weighted by molar-refractivity contribution is 5.93. The van der Waals surface area contributed by atoms with E-state index in [1.807, 2.05) is 26.2 Å². The molecule has 0 fully saturated rings. The number of furan rings is 1. The van der Waals surface area contributed by atoms with Gasteiger partial charge in [-0.1, -0.05) is 11.6 Å². The van der Waals surface area contributed by atoms with Crippen LogP contribution in [0.5, 0.6) is 0 Å². The first-order valence-electron chi connectivity index (χ1n) is 8.59. The minimum atomic E-state index is -0.0693. The lowest BCUT2D eigenvalue weighted by atomic mass is 10.1. The normalized spacial score (nSPS) is 14.5. The van der Waals surface area contributed by atoms with E-state index in [0.29, 0.717) is 18.8 Å². The second-order valence-corrected chi connectivity index (χ2v) is 6.60. The predicted octanol–water partition coefficient (Wildman–Crippen LogP) is 2.74. The summed E-state index contributed by atoms with van der Waals surface area (Å²) < 4.78 is 10.9. The lowest BCUT2D eigenvalue weighted by molar-refractivity contribution is 0.0708. The van der Waals surface area contributed by atoms with Crippen molar-refractivity contribution >= 4 is 5.91 Å². The van der Waals surface area contributed by atoms with Crippen molar-refractivity contribution in [2.75, 3.05) is 27.2 Å². The number of fused-ring (bicyclic) bond motifs is 1. The van der Waals surface area contributed by atoms with Gasteiger partial charge in [0.1, 0.15) is 11.5 Å². The lowest BCUT2D eigenvalue weighted by Crippen LogP contribution is -2.36. The van der Waals surface area contributed by atoms with Gasteiger partial charge in [0.25, 0.3) is 5.91 Å². The smallest absolute Gasteiger partial charge is 0.276 e. The molecule has 0 atom stereocenters. The van der Waals surface area contributed by atoms with Crippen LogP contribution in [-0.2, 0) is 19.4 Å². The molecular formula is C18H25N3O3. The number of rotatable bonds is 6.